The summed E-state index contributed by atoms with van der Waals surface area (Å²) in [5.41, 5.74) is 0.864. The van der Waals surface area contributed by atoms with Crippen molar-refractivity contribution in [3.8, 4) is 11.5 Å². The summed E-state index contributed by atoms with van der Waals surface area (Å²) in [5, 5.41) is 10.5. The molecule has 1 fully saturated rings. The number of unbranched alkanes of at least 4 members (excludes halogenated alkanes) is 2. The molecule has 0 radical (unpaired) electrons. The lowest BCUT2D eigenvalue weighted by Crippen LogP contribution is -2.46. The van der Waals surface area contributed by atoms with Gasteiger partial charge in [-0.25, -0.2) is 0 Å². The van der Waals surface area contributed by atoms with Gasteiger partial charge in [0.1, 0.15) is 0 Å². The smallest absolute Gasteiger partial charge is 0.308 e. The molecule has 1 saturated heterocycles. The number of likely N-dealkylation sites (tertiary alicyclic amines) is 1. The number of amides is 2. The molecule has 0 aliphatic carbocycles. The summed E-state index contributed by atoms with van der Waals surface area (Å²) in [6.07, 6.45) is 4.40. The van der Waals surface area contributed by atoms with Crippen LogP contribution in [0.3, 0.4) is 0 Å². The van der Waals surface area contributed by atoms with E-state index in [2.05, 4.69) is 33.0 Å². The van der Waals surface area contributed by atoms with Crippen LogP contribution in [-0.4, -0.2) is 122 Å². The number of hydrogen-bond acceptors (Lipinski definition) is 6. The normalized spacial score (nSPS) is 20.3. The number of carboxylic acid groups (broad SMARTS) is 1. The number of rotatable bonds is 16. The van der Waals surface area contributed by atoms with E-state index < -0.39 is 11.9 Å². The van der Waals surface area contributed by atoms with Crippen LogP contribution in [0.15, 0.2) is 18.2 Å². The summed E-state index contributed by atoms with van der Waals surface area (Å²) in [7, 11) is 6.53. The Kier molecular flexibility index (Phi) is 11.8. The van der Waals surface area contributed by atoms with E-state index in [0.717, 1.165) is 42.3 Å². The summed E-state index contributed by atoms with van der Waals surface area (Å²) < 4.78 is 11.9. The van der Waals surface area contributed by atoms with Crippen molar-refractivity contribution in [1.82, 2.24) is 14.7 Å². The summed E-state index contributed by atoms with van der Waals surface area (Å²) >= 11 is 0. The van der Waals surface area contributed by atoms with Gasteiger partial charge in [0.05, 0.1) is 40.2 Å². The summed E-state index contributed by atoms with van der Waals surface area (Å²) in [4.78, 5) is 44.4. The highest BCUT2D eigenvalue weighted by Crippen LogP contribution is 2.42. The molecular formula is C31H51N4O6+. The van der Waals surface area contributed by atoms with Gasteiger partial charge in [0.2, 0.25) is 18.6 Å². The van der Waals surface area contributed by atoms with E-state index in [-0.39, 0.29) is 37.1 Å². The largest absolute Gasteiger partial charge is 0.481 e. The number of carbonyl (C=O) groups is 3. The third-order valence-corrected chi connectivity index (χ3v) is 8.36. The van der Waals surface area contributed by atoms with Crippen molar-refractivity contribution in [3.63, 3.8) is 0 Å². The van der Waals surface area contributed by atoms with Crippen molar-refractivity contribution in [2.45, 2.75) is 64.8 Å². The zero-order valence-corrected chi connectivity index (χ0v) is 25.9. The molecule has 3 rings (SSSR count). The number of carboxylic acids is 1. The predicted molar refractivity (Wildman–Crippen MR) is 158 cm³/mol. The second-order valence-corrected chi connectivity index (χ2v) is 12.4. The Morgan fingerprint density at radius 3 is 2.34 bits per heavy atom. The van der Waals surface area contributed by atoms with Crippen LogP contribution in [-0.2, 0) is 14.4 Å². The second kappa shape index (κ2) is 14.9. The second-order valence-electron chi connectivity index (χ2n) is 12.4. The first kappa shape index (κ1) is 32.7. The van der Waals surface area contributed by atoms with Gasteiger partial charge in [-0.05, 0) is 50.3 Å². The fourth-order valence-corrected chi connectivity index (χ4v) is 6.03. The van der Waals surface area contributed by atoms with Crippen LogP contribution in [0.2, 0.25) is 0 Å². The number of ether oxygens (including phenoxy) is 2. The first-order valence-corrected chi connectivity index (χ1v) is 15.1. The minimum absolute atomic E-state index is 0.0352. The SMILES string of the molecule is CCCCN(CCCC[N+](C)(C)C)C(=O)CN1C[C@H](c2ccc3c(c2)OCO3)[C@@H](C(=O)O)[C@@H]1CCN(CC)C(C)=O. The number of nitrogens with zero attached hydrogens (tertiary/aromatic N) is 4. The molecule has 230 valence electrons. The average molecular weight is 576 g/mol. The zero-order chi connectivity index (χ0) is 30.2. The number of hydrogen-bond donors (Lipinski definition) is 1. The van der Waals surface area contributed by atoms with Crippen molar-refractivity contribution < 1.29 is 33.4 Å². The molecule has 2 aliphatic heterocycles. The highest BCUT2D eigenvalue weighted by Gasteiger charge is 2.47. The van der Waals surface area contributed by atoms with Crippen LogP contribution in [0.4, 0.5) is 0 Å². The molecule has 0 unspecified atom stereocenters. The average Bonchev–Trinajstić information content (AvgIpc) is 3.52. The minimum Gasteiger partial charge on any atom is -0.481 e. The van der Waals surface area contributed by atoms with E-state index in [1.807, 2.05) is 30.0 Å². The third kappa shape index (κ3) is 9.07. The molecule has 0 bridgehead atoms. The summed E-state index contributed by atoms with van der Waals surface area (Å²) in [5.74, 6) is -0.648. The highest BCUT2D eigenvalue weighted by molar-refractivity contribution is 5.79. The van der Waals surface area contributed by atoms with Gasteiger partial charge in [0.15, 0.2) is 11.5 Å². The van der Waals surface area contributed by atoms with Gasteiger partial charge in [0.25, 0.3) is 0 Å². The van der Waals surface area contributed by atoms with E-state index >= 15 is 0 Å². The summed E-state index contributed by atoms with van der Waals surface area (Å²) in [6, 6.07) is 5.23. The third-order valence-electron chi connectivity index (χ3n) is 8.36. The Morgan fingerprint density at radius 1 is 1.00 bits per heavy atom. The van der Waals surface area contributed by atoms with E-state index in [1.54, 1.807) is 4.90 Å². The molecule has 0 spiro atoms. The molecule has 41 heavy (non-hydrogen) atoms. The van der Waals surface area contributed by atoms with Crippen LogP contribution in [0.5, 0.6) is 11.5 Å². The Balaban J connectivity index is 1.83. The zero-order valence-electron chi connectivity index (χ0n) is 25.9. The number of aliphatic carboxylic acids is 1. The van der Waals surface area contributed by atoms with Crippen LogP contribution >= 0.6 is 0 Å². The van der Waals surface area contributed by atoms with Gasteiger partial charge >= 0.3 is 5.97 Å². The first-order chi connectivity index (χ1) is 19.4. The number of fused-ring (bicyclic) bond motifs is 1. The molecule has 2 aliphatic rings. The predicted octanol–water partition coefficient (Wildman–Crippen LogP) is 3.26. The van der Waals surface area contributed by atoms with Gasteiger partial charge < -0.3 is 28.9 Å². The van der Waals surface area contributed by atoms with Crippen molar-refractivity contribution in [1.29, 1.82) is 0 Å². The molecule has 1 N–H and O–H groups in total. The van der Waals surface area contributed by atoms with Gasteiger partial charge in [0, 0.05) is 51.6 Å². The monoisotopic (exact) mass is 575 g/mol. The van der Waals surface area contributed by atoms with Crippen LogP contribution in [0, 0.1) is 5.92 Å². The van der Waals surface area contributed by atoms with Gasteiger partial charge in [-0.15, -0.1) is 0 Å². The Morgan fingerprint density at radius 2 is 1.71 bits per heavy atom. The molecule has 1 aromatic carbocycles. The van der Waals surface area contributed by atoms with Gasteiger partial charge in [-0.3, -0.25) is 19.3 Å². The Labute approximate surface area is 245 Å². The van der Waals surface area contributed by atoms with Crippen LogP contribution in [0.25, 0.3) is 0 Å². The van der Waals surface area contributed by atoms with Crippen molar-refractivity contribution >= 4 is 17.8 Å². The molecular weight excluding hydrogens is 524 g/mol. The molecule has 3 atom stereocenters. The Hall–Kier alpha value is -2.85. The maximum absolute atomic E-state index is 13.7. The van der Waals surface area contributed by atoms with E-state index in [4.69, 9.17) is 9.47 Å². The Bertz CT molecular complexity index is 1040. The molecule has 2 heterocycles. The molecule has 0 saturated carbocycles. The van der Waals surface area contributed by atoms with E-state index in [1.165, 1.54) is 6.92 Å². The van der Waals surface area contributed by atoms with Gasteiger partial charge in [-0.1, -0.05) is 19.4 Å². The standard InChI is InChI=1S/C31H50N4O6/c1-7-9-15-33(16-10-11-18-35(4,5)6)29(37)21-34-20-25(24-12-13-27-28(19-24)41-22-40-27)30(31(38)39)26(34)14-17-32(8-2)23(3)36/h12-13,19,25-26,30H,7-11,14-18,20-22H2,1-6H3/p+1/t25-,26+,30-/m1/s1. The molecule has 0 aromatic heterocycles. The highest BCUT2D eigenvalue weighted by atomic mass is 16.7. The quantitative estimate of drug-likeness (QED) is 0.239. The molecule has 1 aromatic rings. The fourth-order valence-electron chi connectivity index (χ4n) is 6.03. The molecule has 10 nitrogen and oxygen atoms in total. The molecule has 2 amide bonds. The maximum Gasteiger partial charge on any atom is 0.308 e. The first-order valence-electron chi connectivity index (χ1n) is 15.1. The lowest BCUT2D eigenvalue weighted by atomic mass is 9.84. The van der Waals surface area contributed by atoms with Crippen molar-refractivity contribution in [2.75, 3.05) is 73.7 Å². The van der Waals surface area contributed by atoms with Crippen molar-refractivity contribution in [2.24, 2.45) is 5.92 Å². The van der Waals surface area contributed by atoms with E-state index in [0.29, 0.717) is 50.6 Å². The lowest BCUT2D eigenvalue weighted by Gasteiger charge is -2.31. The number of quaternary nitrogens is 1. The van der Waals surface area contributed by atoms with Crippen LogP contribution in [0.1, 0.15) is 64.4 Å². The minimum atomic E-state index is -0.887. The van der Waals surface area contributed by atoms with Crippen molar-refractivity contribution in [3.05, 3.63) is 23.8 Å². The lowest BCUT2D eigenvalue weighted by molar-refractivity contribution is -0.870. The fraction of sp³-hybridized carbons (Fsp3) is 0.710. The number of carbonyl (C=O) groups excluding carboxylic acids is 2. The maximum atomic E-state index is 13.7. The number of benzene rings is 1. The van der Waals surface area contributed by atoms with E-state index in [9.17, 15) is 19.5 Å². The van der Waals surface area contributed by atoms with Gasteiger partial charge in [-0.2, -0.15) is 0 Å². The summed E-state index contributed by atoms with van der Waals surface area (Å²) in [6.45, 7) is 9.81. The topological polar surface area (TPSA) is 99.6 Å². The molecule has 10 heteroatoms. The van der Waals surface area contributed by atoms with Crippen LogP contribution < -0.4 is 9.47 Å².